The Morgan fingerprint density at radius 3 is 2.63 bits per heavy atom. The number of hydrogen-bond donors (Lipinski definition) is 3. The van der Waals surface area contributed by atoms with Gasteiger partial charge in [0.1, 0.15) is 0 Å². The Morgan fingerprint density at radius 2 is 1.93 bits per heavy atom. The van der Waals surface area contributed by atoms with E-state index in [1.807, 2.05) is 0 Å². The predicted octanol–water partition coefficient (Wildman–Crippen LogP) is 2.25. The summed E-state index contributed by atoms with van der Waals surface area (Å²) in [5.41, 5.74) is 0.445. The first-order chi connectivity index (χ1) is 12.8. The Bertz CT molecular complexity index is 945. The Balaban J connectivity index is 1.74. The minimum atomic E-state index is -4.12. The molecule has 0 bridgehead atoms. The van der Waals surface area contributed by atoms with Crippen LogP contribution in [0.25, 0.3) is 0 Å². The second-order valence-corrected chi connectivity index (χ2v) is 7.96. The van der Waals surface area contributed by atoms with Gasteiger partial charge in [-0.1, -0.05) is 6.07 Å². The molecule has 6 nitrogen and oxygen atoms in total. The molecule has 1 amide bonds. The van der Waals surface area contributed by atoms with Crippen molar-refractivity contribution in [3.8, 4) is 0 Å². The molecule has 0 radical (unpaired) electrons. The first-order valence-electron chi connectivity index (χ1n) is 8.45. The topological polar surface area (TPSA) is 87.3 Å². The van der Waals surface area contributed by atoms with Crippen LogP contribution in [0.1, 0.15) is 23.2 Å². The van der Waals surface area contributed by atoms with E-state index < -0.39 is 26.6 Å². The average Bonchev–Trinajstić information content (AvgIpc) is 2.64. The lowest BCUT2D eigenvalue weighted by Gasteiger charge is -2.23. The third-order valence-corrected chi connectivity index (χ3v) is 5.59. The minimum Gasteiger partial charge on any atom is -0.348 e. The van der Waals surface area contributed by atoms with Gasteiger partial charge in [-0.25, -0.2) is 17.2 Å². The van der Waals surface area contributed by atoms with Crippen LogP contribution in [0.5, 0.6) is 0 Å². The number of piperidine rings is 1. The van der Waals surface area contributed by atoms with Gasteiger partial charge in [-0.15, -0.1) is 0 Å². The molecule has 27 heavy (non-hydrogen) atoms. The number of benzene rings is 2. The minimum absolute atomic E-state index is 0.0220. The zero-order valence-electron chi connectivity index (χ0n) is 14.3. The largest absolute Gasteiger partial charge is 0.348 e. The smallest absolute Gasteiger partial charge is 0.261 e. The molecule has 9 heteroatoms. The Morgan fingerprint density at radius 1 is 1.11 bits per heavy atom. The van der Waals surface area contributed by atoms with Crippen molar-refractivity contribution in [3.05, 3.63) is 59.7 Å². The maximum absolute atomic E-state index is 13.3. The van der Waals surface area contributed by atoms with E-state index in [4.69, 9.17) is 0 Å². The number of rotatable bonds is 5. The monoisotopic (exact) mass is 395 g/mol. The second kappa shape index (κ2) is 8.01. The molecule has 2 aromatic carbocycles. The van der Waals surface area contributed by atoms with Crippen LogP contribution in [0.3, 0.4) is 0 Å². The van der Waals surface area contributed by atoms with Crippen LogP contribution in [-0.4, -0.2) is 33.5 Å². The molecule has 1 fully saturated rings. The second-order valence-electron chi connectivity index (χ2n) is 6.28. The summed E-state index contributed by atoms with van der Waals surface area (Å²) in [6.45, 7) is 1.61. The van der Waals surface area contributed by atoms with Crippen molar-refractivity contribution in [2.24, 2.45) is 0 Å². The number of amides is 1. The van der Waals surface area contributed by atoms with Gasteiger partial charge in [-0.05, 0) is 55.8 Å². The van der Waals surface area contributed by atoms with E-state index in [0.29, 0.717) is 18.2 Å². The van der Waals surface area contributed by atoms with E-state index in [2.05, 4.69) is 15.4 Å². The number of carbonyl (C=O) groups excluding carboxylic acids is 1. The molecule has 1 aliphatic heterocycles. The summed E-state index contributed by atoms with van der Waals surface area (Å²) in [5.74, 6) is -2.70. The van der Waals surface area contributed by atoms with E-state index in [1.54, 1.807) is 6.07 Å². The van der Waals surface area contributed by atoms with Crippen molar-refractivity contribution in [1.29, 1.82) is 0 Å². The van der Waals surface area contributed by atoms with Crippen LogP contribution in [0.15, 0.2) is 47.4 Å². The van der Waals surface area contributed by atoms with E-state index in [9.17, 15) is 22.0 Å². The average molecular weight is 395 g/mol. The normalized spacial score (nSPS) is 17.3. The first-order valence-corrected chi connectivity index (χ1v) is 9.93. The maximum atomic E-state index is 13.3. The first kappa shape index (κ1) is 19.2. The highest BCUT2D eigenvalue weighted by molar-refractivity contribution is 7.92. The Labute approximate surface area is 156 Å². The number of hydrogen-bond acceptors (Lipinski definition) is 4. The van der Waals surface area contributed by atoms with Crippen molar-refractivity contribution in [2.45, 2.75) is 23.8 Å². The zero-order chi connectivity index (χ0) is 19.4. The van der Waals surface area contributed by atoms with Crippen LogP contribution in [0.2, 0.25) is 0 Å². The van der Waals surface area contributed by atoms with Gasteiger partial charge >= 0.3 is 0 Å². The molecule has 0 aromatic heterocycles. The van der Waals surface area contributed by atoms with Crippen molar-refractivity contribution < 1.29 is 22.0 Å². The van der Waals surface area contributed by atoms with Gasteiger partial charge < -0.3 is 10.6 Å². The fourth-order valence-electron chi connectivity index (χ4n) is 2.83. The molecule has 0 unspecified atom stereocenters. The molecule has 0 aliphatic carbocycles. The Kier molecular flexibility index (Phi) is 5.71. The number of carbonyl (C=O) groups is 1. The summed E-state index contributed by atoms with van der Waals surface area (Å²) in [6.07, 6.45) is 1.85. The third kappa shape index (κ3) is 4.81. The van der Waals surface area contributed by atoms with E-state index in [-0.39, 0.29) is 17.6 Å². The van der Waals surface area contributed by atoms with Gasteiger partial charge in [0.15, 0.2) is 11.6 Å². The summed E-state index contributed by atoms with van der Waals surface area (Å²) in [5, 5.41) is 6.10. The summed E-state index contributed by atoms with van der Waals surface area (Å²) >= 11 is 0. The van der Waals surface area contributed by atoms with Gasteiger partial charge in [-0.2, -0.15) is 0 Å². The van der Waals surface area contributed by atoms with Crippen molar-refractivity contribution in [3.63, 3.8) is 0 Å². The van der Waals surface area contributed by atoms with Gasteiger partial charge in [0.25, 0.3) is 15.9 Å². The summed E-state index contributed by atoms with van der Waals surface area (Å²) in [6, 6.07) is 8.30. The van der Waals surface area contributed by atoms with E-state index >= 15 is 0 Å². The fraction of sp³-hybridized carbons (Fsp3) is 0.278. The third-order valence-electron chi connectivity index (χ3n) is 4.21. The molecule has 1 atom stereocenters. The predicted molar refractivity (Wildman–Crippen MR) is 97.0 cm³/mol. The van der Waals surface area contributed by atoms with Crippen molar-refractivity contribution in [1.82, 2.24) is 10.6 Å². The lowest BCUT2D eigenvalue weighted by atomic mass is 10.1. The lowest BCUT2D eigenvalue weighted by Crippen LogP contribution is -2.45. The standard InChI is InChI=1S/C18H19F2N3O3S/c19-16-7-6-15(10-17(16)20)27(25,26)23-13-4-1-3-12(9-13)18(24)22-14-5-2-8-21-11-14/h1,3-4,6-7,9-10,14,21,23H,2,5,8,11H2,(H,22,24)/t14-/m0/s1. The molecule has 3 N–H and O–H groups in total. The molecule has 2 aromatic rings. The molecule has 1 heterocycles. The molecule has 1 saturated heterocycles. The van der Waals surface area contributed by atoms with Crippen LogP contribution < -0.4 is 15.4 Å². The molecule has 0 saturated carbocycles. The number of anilines is 1. The van der Waals surface area contributed by atoms with Gasteiger partial charge in [0.2, 0.25) is 0 Å². The SMILES string of the molecule is O=C(N[C@H]1CCCNC1)c1cccc(NS(=O)(=O)c2ccc(F)c(F)c2)c1. The highest BCUT2D eigenvalue weighted by Crippen LogP contribution is 2.19. The van der Waals surface area contributed by atoms with Crippen LogP contribution in [0.4, 0.5) is 14.5 Å². The van der Waals surface area contributed by atoms with Gasteiger partial charge in [0.05, 0.1) is 4.90 Å². The molecule has 0 spiro atoms. The number of halogens is 2. The quantitative estimate of drug-likeness (QED) is 0.725. The highest BCUT2D eigenvalue weighted by atomic mass is 32.2. The maximum Gasteiger partial charge on any atom is 0.261 e. The molecule has 3 rings (SSSR count). The highest BCUT2D eigenvalue weighted by Gasteiger charge is 2.19. The fourth-order valence-corrected chi connectivity index (χ4v) is 3.89. The number of sulfonamides is 1. The summed E-state index contributed by atoms with van der Waals surface area (Å²) in [4.78, 5) is 12.0. The van der Waals surface area contributed by atoms with Crippen molar-refractivity contribution >= 4 is 21.6 Å². The molecular weight excluding hydrogens is 376 g/mol. The number of nitrogens with one attached hydrogen (secondary N) is 3. The Hall–Kier alpha value is -2.52. The molecule has 144 valence electrons. The molecule has 1 aliphatic rings. The zero-order valence-corrected chi connectivity index (χ0v) is 15.2. The van der Waals surface area contributed by atoms with Gasteiger partial charge in [0, 0.05) is 23.8 Å². The van der Waals surface area contributed by atoms with E-state index in [0.717, 1.165) is 31.5 Å². The lowest BCUT2D eigenvalue weighted by molar-refractivity contribution is 0.0930. The van der Waals surface area contributed by atoms with Crippen LogP contribution in [-0.2, 0) is 10.0 Å². The van der Waals surface area contributed by atoms with Crippen molar-refractivity contribution in [2.75, 3.05) is 17.8 Å². The van der Waals surface area contributed by atoms with Gasteiger partial charge in [-0.3, -0.25) is 9.52 Å². The van der Waals surface area contributed by atoms with Crippen LogP contribution in [0, 0.1) is 11.6 Å². The van der Waals surface area contributed by atoms with E-state index in [1.165, 1.54) is 18.2 Å². The summed E-state index contributed by atoms with van der Waals surface area (Å²) in [7, 11) is -4.12. The van der Waals surface area contributed by atoms with Crippen LogP contribution >= 0.6 is 0 Å². The molecular formula is C18H19F2N3O3S. The summed E-state index contributed by atoms with van der Waals surface area (Å²) < 4.78 is 53.3.